The van der Waals surface area contributed by atoms with Crippen LogP contribution in [0.3, 0.4) is 0 Å². The van der Waals surface area contributed by atoms with Crippen LogP contribution in [0.25, 0.3) is 21.3 Å². The summed E-state index contributed by atoms with van der Waals surface area (Å²) in [5.74, 6) is -0.899. The molecule has 2 aliphatic rings. The smallest absolute Gasteiger partial charge is 0.408 e. The van der Waals surface area contributed by atoms with Gasteiger partial charge in [0.25, 0.3) is 0 Å². The van der Waals surface area contributed by atoms with E-state index in [9.17, 15) is 23.2 Å². The van der Waals surface area contributed by atoms with Crippen LogP contribution in [0, 0.1) is 0 Å². The van der Waals surface area contributed by atoms with Gasteiger partial charge in [-0.1, -0.05) is 0 Å². The summed E-state index contributed by atoms with van der Waals surface area (Å²) in [6.07, 6.45) is 4.79. The van der Waals surface area contributed by atoms with Gasteiger partial charge >= 0.3 is 18.7 Å². The van der Waals surface area contributed by atoms with Crippen molar-refractivity contribution in [2.75, 3.05) is 7.11 Å². The summed E-state index contributed by atoms with van der Waals surface area (Å²) in [5, 5.41) is 3.05. The first-order valence-corrected chi connectivity index (χ1v) is 13.7. The Bertz CT molecular complexity index is 1500. The van der Waals surface area contributed by atoms with Crippen LogP contribution in [0.15, 0.2) is 29.2 Å². The third kappa shape index (κ3) is 5.50. The van der Waals surface area contributed by atoms with Crippen molar-refractivity contribution in [3.63, 3.8) is 0 Å². The van der Waals surface area contributed by atoms with Gasteiger partial charge in [-0.05, 0) is 76.6 Å². The summed E-state index contributed by atoms with van der Waals surface area (Å²) in [6, 6.07) is 4.69. The number of fused-ring (bicyclic) bond motifs is 2. The number of alkyl carbamates (subject to hydrolysis) is 1. The maximum absolute atomic E-state index is 13.8. The lowest BCUT2D eigenvalue weighted by atomic mass is 9.93. The lowest BCUT2D eigenvalue weighted by Gasteiger charge is -2.26. The number of rotatable bonds is 6. The summed E-state index contributed by atoms with van der Waals surface area (Å²) in [6.45, 7) is 2.25. The number of nitrogens with zero attached hydrogens (tertiary/aromatic N) is 1. The van der Waals surface area contributed by atoms with Crippen LogP contribution < -0.4 is 15.5 Å². The van der Waals surface area contributed by atoms with Crippen molar-refractivity contribution in [3.8, 4) is 16.2 Å². The normalized spacial score (nSPS) is 17.2. The molecule has 1 N–H and O–H groups in total. The Morgan fingerprint density at radius 2 is 1.92 bits per heavy atom. The van der Waals surface area contributed by atoms with E-state index in [-0.39, 0.29) is 34.3 Å². The molecule has 1 aromatic carbocycles. The number of benzene rings is 1. The van der Waals surface area contributed by atoms with Crippen molar-refractivity contribution < 1.29 is 32.6 Å². The van der Waals surface area contributed by atoms with E-state index in [1.54, 1.807) is 37.5 Å². The van der Waals surface area contributed by atoms with E-state index in [1.807, 2.05) is 6.07 Å². The first-order valence-electron chi connectivity index (χ1n) is 12.8. The average molecular weight is 561 g/mol. The first-order chi connectivity index (χ1) is 18.5. The number of hydrogen-bond donors (Lipinski definition) is 1. The number of ether oxygens (including phenoxy) is 3. The molecule has 0 radical (unpaired) electrons. The third-order valence-corrected chi connectivity index (χ3v) is 8.01. The third-order valence-electron chi connectivity index (χ3n) is 6.77. The molecule has 8 nitrogen and oxygen atoms in total. The van der Waals surface area contributed by atoms with Gasteiger partial charge in [-0.3, -0.25) is 4.79 Å². The molecule has 1 amide bonds. The molecule has 208 valence electrons. The van der Waals surface area contributed by atoms with Gasteiger partial charge in [0, 0.05) is 27.6 Å². The molecule has 2 aliphatic carbocycles. The molecule has 1 atom stereocenters. The molecule has 2 aromatic heterocycles. The summed E-state index contributed by atoms with van der Waals surface area (Å²) in [5.41, 5.74) is 0.150. The van der Waals surface area contributed by atoms with E-state index < -0.39 is 29.7 Å². The molecule has 0 bridgehead atoms. The predicted molar refractivity (Wildman–Crippen MR) is 143 cm³/mol. The van der Waals surface area contributed by atoms with Crippen molar-refractivity contribution in [2.24, 2.45) is 0 Å². The van der Waals surface area contributed by atoms with Crippen LogP contribution in [0.5, 0.6) is 5.75 Å². The van der Waals surface area contributed by atoms with Gasteiger partial charge < -0.3 is 24.1 Å². The maximum Gasteiger partial charge on any atom is 0.408 e. The highest BCUT2D eigenvalue weighted by Crippen LogP contribution is 2.47. The van der Waals surface area contributed by atoms with Crippen molar-refractivity contribution in [2.45, 2.75) is 77.2 Å². The van der Waals surface area contributed by atoms with Crippen molar-refractivity contribution in [1.82, 2.24) is 9.88 Å². The van der Waals surface area contributed by atoms with Crippen LogP contribution in [0.1, 0.15) is 79.3 Å². The van der Waals surface area contributed by atoms with Gasteiger partial charge in [0.15, 0.2) is 5.75 Å². The second-order valence-electron chi connectivity index (χ2n) is 10.8. The summed E-state index contributed by atoms with van der Waals surface area (Å²) < 4.78 is 44.6. The largest absolute Gasteiger partial charge is 0.465 e. The molecule has 3 aromatic rings. The second kappa shape index (κ2) is 10.3. The molecular weight excluding hydrogens is 530 g/mol. The Morgan fingerprint density at radius 3 is 2.56 bits per heavy atom. The number of hydrogen-bond acceptors (Lipinski definition) is 7. The topological polar surface area (TPSA) is 95.9 Å². The van der Waals surface area contributed by atoms with Crippen molar-refractivity contribution in [1.29, 1.82) is 0 Å². The van der Waals surface area contributed by atoms with Crippen molar-refractivity contribution >= 4 is 34.3 Å². The number of aromatic nitrogens is 1. The first kappa shape index (κ1) is 27.1. The van der Waals surface area contributed by atoms with E-state index in [0.29, 0.717) is 10.4 Å². The Kier molecular flexibility index (Phi) is 7.13. The van der Waals surface area contributed by atoms with Crippen LogP contribution >= 0.6 is 11.3 Å². The molecule has 1 fully saturated rings. The fraction of sp³-hybridized carbons (Fsp3) is 0.464. The molecular formula is C28H30F2N2O6S. The number of thiophene rings is 1. The minimum Gasteiger partial charge on any atom is -0.465 e. The van der Waals surface area contributed by atoms with Crippen LogP contribution in [-0.4, -0.2) is 36.0 Å². The maximum atomic E-state index is 13.8. The zero-order valence-corrected chi connectivity index (χ0v) is 23.0. The Morgan fingerprint density at radius 1 is 1.18 bits per heavy atom. The lowest BCUT2D eigenvalue weighted by molar-refractivity contribution is -0.0486. The standard InChI is InChI=1S/C28H30F2N2O6S/c1-28(2,3)38-27(35)31-19-6-5-7-20-17(19)12-21(39-20)15-10-11-16-22(24(15)37-26(29)30)32(14-8-9-14)13-18(23(16)33)25(34)36-4/h10-14,19,26H,5-9H2,1-4H3,(H,31,35). The van der Waals surface area contributed by atoms with E-state index in [1.165, 1.54) is 24.6 Å². The monoisotopic (exact) mass is 560 g/mol. The number of carbonyl (C=O) groups is 2. The van der Waals surface area contributed by atoms with Gasteiger partial charge in [-0.2, -0.15) is 8.78 Å². The lowest BCUT2D eigenvalue weighted by Crippen LogP contribution is -2.35. The molecule has 1 unspecified atom stereocenters. The van der Waals surface area contributed by atoms with Gasteiger partial charge in [-0.25, -0.2) is 9.59 Å². The summed E-state index contributed by atoms with van der Waals surface area (Å²) >= 11 is 1.45. The summed E-state index contributed by atoms with van der Waals surface area (Å²) in [4.78, 5) is 39.7. The number of carbonyl (C=O) groups excluding carboxylic acids is 2. The number of halogens is 2. The molecule has 1 saturated carbocycles. The van der Waals surface area contributed by atoms with E-state index in [2.05, 4.69) is 5.32 Å². The highest BCUT2D eigenvalue weighted by Gasteiger charge is 2.32. The molecule has 0 aliphatic heterocycles. The number of amides is 1. The Labute approximate surface area is 227 Å². The number of pyridine rings is 1. The molecule has 0 spiro atoms. The minimum absolute atomic E-state index is 0.0503. The second-order valence-corrected chi connectivity index (χ2v) is 11.9. The molecule has 0 saturated heterocycles. The average Bonchev–Trinajstić information content (AvgIpc) is 3.60. The van der Waals surface area contributed by atoms with Gasteiger partial charge in [0.05, 0.1) is 24.1 Å². The molecule has 39 heavy (non-hydrogen) atoms. The van der Waals surface area contributed by atoms with Gasteiger partial charge in [0.1, 0.15) is 11.2 Å². The van der Waals surface area contributed by atoms with Gasteiger partial charge in [0.2, 0.25) is 5.43 Å². The number of alkyl halides is 2. The fourth-order valence-electron chi connectivity index (χ4n) is 5.00. The van der Waals surface area contributed by atoms with Crippen LogP contribution in [0.4, 0.5) is 13.6 Å². The van der Waals surface area contributed by atoms with E-state index in [4.69, 9.17) is 14.2 Å². The number of nitrogens with one attached hydrogen (secondary N) is 1. The quantitative estimate of drug-likeness (QED) is 0.353. The SMILES string of the molecule is COC(=O)c1cn(C2CC2)c2c(OC(F)F)c(-c3cc4c(s3)CCCC4NC(=O)OC(C)(C)C)ccc2c1=O. The van der Waals surface area contributed by atoms with Crippen molar-refractivity contribution in [3.05, 3.63) is 50.6 Å². The fourth-order valence-corrected chi connectivity index (χ4v) is 6.29. The number of aryl methyl sites for hydroxylation is 1. The predicted octanol–water partition coefficient (Wildman–Crippen LogP) is 6.36. The van der Waals surface area contributed by atoms with Crippen LogP contribution in [-0.2, 0) is 15.9 Å². The van der Waals surface area contributed by atoms with E-state index in [0.717, 1.165) is 42.5 Å². The summed E-state index contributed by atoms with van der Waals surface area (Å²) in [7, 11) is 1.19. The number of esters is 1. The Hall–Kier alpha value is -3.47. The van der Waals surface area contributed by atoms with Crippen LogP contribution in [0.2, 0.25) is 0 Å². The van der Waals surface area contributed by atoms with E-state index >= 15 is 0 Å². The highest BCUT2D eigenvalue weighted by molar-refractivity contribution is 7.15. The Balaban J connectivity index is 1.63. The molecule has 11 heteroatoms. The highest BCUT2D eigenvalue weighted by atomic mass is 32.1. The molecule has 2 heterocycles. The zero-order chi connectivity index (χ0) is 28.1. The molecule has 5 rings (SSSR count). The minimum atomic E-state index is -3.13. The zero-order valence-electron chi connectivity index (χ0n) is 22.1. The van der Waals surface area contributed by atoms with Gasteiger partial charge in [-0.15, -0.1) is 11.3 Å². The number of methoxy groups -OCH3 is 1.